The number of carbonyl (C=O) groups excluding carboxylic acids is 2. The summed E-state index contributed by atoms with van der Waals surface area (Å²) in [6.45, 7) is 1.99. The van der Waals surface area contributed by atoms with Crippen LogP contribution in [-0.4, -0.2) is 26.2 Å². The molecule has 0 amide bonds. The lowest BCUT2D eigenvalue weighted by molar-refractivity contribution is -0.179. The largest absolute Gasteiger partial charge is 0.468 e. The highest BCUT2D eigenvalue weighted by molar-refractivity contribution is 6.01. The van der Waals surface area contributed by atoms with Crippen LogP contribution in [0.4, 0.5) is 0 Å². The van der Waals surface area contributed by atoms with Gasteiger partial charge in [-0.3, -0.25) is 9.59 Å². The molecule has 0 bridgehead atoms. The molecule has 0 aromatic carbocycles. The first-order valence-electron chi connectivity index (χ1n) is 4.23. The van der Waals surface area contributed by atoms with Gasteiger partial charge in [0.2, 0.25) is 0 Å². The molecule has 0 aliphatic heterocycles. The van der Waals surface area contributed by atoms with Crippen molar-refractivity contribution in [3.05, 3.63) is 0 Å². The van der Waals surface area contributed by atoms with Crippen LogP contribution in [0.5, 0.6) is 0 Å². The van der Waals surface area contributed by atoms with Crippen LogP contribution in [0.3, 0.4) is 0 Å². The Morgan fingerprint density at radius 2 is 1.54 bits per heavy atom. The van der Waals surface area contributed by atoms with E-state index in [-0.39, 0.29) is 0 Å². The lowest BCUT2D eigenvalue weighted by Gasteiger charge is -2.40. The van der Waals surface area contributed by atoms with Crippen LogP contribution in [0.2, 0.25) is 0 Å². The van der Waals surface area contributed by atoms with Crippen LogP contribution in [0.15, 0.2) is 0 Å². The van der Waals surface area contributed by atoms with Crippen molar-refractivity contribution < 1.29 is 19.1 Å². The minimum Gasteiger partial charge on any atom is -0.468 e. The van der Waals surface area contributed by atoms with E-state index in [1.807, 2.05) is 6.92 Å². The van der Waals surface area contributed by atoms with Crippen LogP contribution >= 0.6 is 0 Å². The zero-order valence-electron chi connectivity index (χ0n) is 8.12. The van der Waals surface area contributed by atoms with Gasteiger partial charge in [-0.1, -0.05) is 6.92 Å². The summed E-state index contributed by atoms with van der Waals surface area (Å²) in [6, 6.07) is 0. The van der Waals surface area contributed by atoms with Gasteiger partial charge < -0.3 is 9.47 Å². The molecule has 0 spiro atoms. The molecule has 0 saturated heterocycles. The summed E-state index contributed by atoms with van der Waals surface area (Å²) in [7, 11) is 2.58. The first kappa shape index (κ1) is 10.0. The van der Waals surface area contributed by atoms with E-state index in [0.717, 1.165) is 0 Å². The molecule has 0 unspecified atom stereocenters. The molecule has 0 radical (unpaired) electrons. The van der Waals surface area contributed by atoms with E-state index in [1.165, 1.54) is 14.2 Å². The number of hydrogen-bond donors (Lipinski definition) is 0. The molecule has 0 aromatic rings. The van der Waals surface area contributed by atoms with Crippen molar-refractivity contribution in [1.82, 2.24) is 0 Å². The molecule has 0 atom stereocenters. The number of carbonyl (C=O) groups is 2. The maximum atomic E-state index is 11.3. The van der Waals surface area contributed by atoms with Crippen molar-refractivity contribution in [3.8, 4) is 0 Å². The topological polar surface area (TPSA) is 52.6 Å². The van der Waals surface area contributed by atoms with Crippen LogP contribution in [0.25, 0.3) is 0 Å². The normalized spacial score (nSPS) is 20.2. The van der Waals surface area contributed by atoms with Gasteiger partial charge in [-0.2, -0.15) is 0 Å². The predicted octanol–water partition coefficient (Wildman–Crippen LogP) is 0.749. The summed E-state index contributed by atoms with van der Waals surface area (Å²) in [5.74, 6) is -0.562. The smallest absolute Gasteiger partial charge is 0.323 e. The molecule has 1 aliphatic carbocycles. The van der Waals surface area contributed by atoms with Crippen molar-refractivity contribution in [1.29, 1.82) is 0 Å². The van der Waals surface area contributed by atoms with E-state index in [9.17, 15) is 9.59 Å². The zero-order valence-corrected chi connectivity index (χ0v) is 8.12. The number of methoxy groups -OCH3 is 2. The molecule has 74 valence electrons. The van der Waals surface area contributed by atoms with Gasteiger partial charge in [-0.15, -0.1) is 0 Å². The average molecular weight is 186 g/mol. The standard InChI is InChI=1S/C9H14O4/c1-6-4-9(5-6,7(10)12-2)8(11)13-3/h6H,4-5H2,1-3H3. The van der Waals surface area contributed by atoms with Gasteiger partial charge in [-0.25, -0.2) is 0 Å². The highest BCUT2D eigenvalue weighted by Crippen LogP contribution is 2.47. The minimum atomic E-state index is -1.01. The first-order valence-corrected chi connectivity index (χ1v) is 4.23. The summed E-state index contributed by atoms with van der Waals surface area (Å²) in [6.07, 6.45) is 1.07. The number of hydrogen-bond acceptors (Lipinski definition) is 4. The Balaban J connectivity index is 2.78. The first-order chi connectivity index (χ1) is 6.06. The van der Waals surface area contributed by atoms with Crippen LogP contribution in [0.1, 0.15) is 19.8 Å². The van der Waals surface area contributed by atoms with E-state index < -0.39 is 17.4 Å². The lowest BCUT2D eigenvalue weighted by atomic mass is 9.62. The third-order valence-corrected chi connectivity index (χ3v) is 2.55. The predicted molar refractivity (Wildman–Crippen MR) is 44.9 cm³/mol. The maximum absolute atomic E-state index is 11.3. The highest BCUT2D eigenvalue weighted by atomic mass is 16.5. The van der Waals surface area contributed by atoms with Crippen molar-refractivity contribution >= 4 is 11.9 Å². The molecule has 13 heavy (non-hydrogen) atoms. The molecule has 1 rings (SSSR count). The molecule has 4 heteroatoms. The molecule has 0 aromatic heterocycles. The second-order valence-corrected chi connectivity index (χ2v) is 3.58. The Bertz CT molecular complexity index is 210. The fourth-order valence-corrected chi connectivity index (χ4v) is 1.94. The van der Waals surface area contributed by atoms with E-state index in [2.05, 4.69) is 9.47 Å². The van der Waals surface area contributed by atoms with E-state index in [4.69, 9.17) is 0 Å². The minimum absolute atomic E-state index is 0.387. The molecule has 4 nitrogen and oxygen atoms in total. The van der Waals surface area contributed by atoms with Crippen molar-refractivity contribution in [2.75, 3.05) is 14.2 Å². The fourth-order valence-electron chi connectivity index (χ4n) is 1.94. The Hall–Kier alpha value is -1.06. The summed E-state index contributed by atoms with van der Waals surface area (Å²) in [5, 5.41) is 0. The molecule has 0 N–H and O–H groups in total. The van der Waals surface area contributed by atoms with Crippen molar-refractivity contribution in [3.63, 3.8) is 0 Å². The molecular weight excluding hydrogens is 172 g/mol. The molecular formula is C9H14O4. The second kappa shape index (κ2) is 3.36. The highest BCUT2D eigenvalue weighted by Gasteiger charge is 2.56. The summed E-state index contributed by atoms with van der Waals surface area (Å²) in [5.41, 5.74) is -1.01. The molecule has 0 heterocycles. The number of rotatable bonds is 2. The van der Waals surface area contributed by atoms with Gasteiger partial charge in [0.1, 0.15) is 0 Å². The van der Waals surface area contributed by atoms with Gasteiger partial charge in [0.15, 0.2) is 5.41 Å². The van der Waals surface area contributed by atoms with Gasteiger partial charge in [0, 0.05) is 0 Å². The Kier molecular flexibility index (Phi) is 2.59. The number of esters is 2. The van der Waals surface area contributed by atoms with Crippen molar-refractivity contribution in [2.45, 2.75) is 19.8 Å². The quantitative estimate of drug-likeness (QED) is 0.471. The van der Waals surface area contributed by atoms with Gasteiger partial charge in [-0.05, 0) is 18.8 Å². The summed E-state index contributed by atoms with van der Waals surface area (Å²) >= 11 is 0. The third-order valence-electron chi connectivity index (χ3n) is 2.55. The van der Waals surface area contributed by atoms with Gasteiger partial charge >= 0.3 is 11.9 Å². The van der Waals surface area contributed by atoms with Gasteiger partial charge in [0.05, 0.1) is 14.2 Å². The lowest BCUT2D eigenvalue weighted by Crippen LogP contribution is -2.50. The Morgan fingerprint density at radius 3 is 1.77 bits per heavy atom. The zero-order chi connectivity index (χ0) is 10.1. The van der Waals surface area contributed by atoms with Gasteiger partial charge in [0.25, 0.3) is 0 Å². The second-order valence-electron chi connectivity index (χ2n) is 3.58. The Morgan fingerprint density at radius 1 is 1.15 bits per heavy atom. The fraction of sp³-hybridized carbons (Fsp3) is 0.778. The molecule has 1 aliphatic rings. The third kappa shape index (κ3) is 1.41. The Labute approximate surface area is 77.2 Å². The van der Waals surface area contributed by atoms with Crippen LogP contribution in [0, 0.1) is 11.3 Å². The summed E-state index contributed by atoms with van der Waals surface area (Å²) < 4.78 is 9.18. The SMILES string of the molecule is COC(=O)C1(C(=O)OC)CC(C)C1. The van der Waals surface area contributed by atoms with E-state index >= 15 is 0 Å². The molecule has 1 saturated carbocycles. The monoisotopic (exact) mass is 186 g/mol. The van der Waals surface area contributed by atoms with Crippen molar-refractivity contribution in [2.24, 2.45) is 11.3 Å². The van der Waals surface area contributed by atoms with E-state index in [0.29, 0.717) is 18.8 Å². The summed E-state index contributed by atoms with van der Waals surface area (Å²) in [4.78, 5) is 22.7. The van der Waals surface area contributed by atoms with Crippen LogP contribution < -0.4 is 0 Å². The maximum Gasteiger partial charge on any atom is 0.323 e. The molecule has 1 fully saturated rings. The van der Waals surface area contributed by atoms with Crippen LogP contribution in [-0.2, 0) is 19.1 Å². The van der Waals surface area contributed by atoms with E-state index in [1.54, 1.807) is 0 Å². The number of ether oxygens (including phenoxy) is 2. The average Bonchev–Trinajstić information content (AvgIpc) is 2.09.